The van der Waals surface area contributed by atoms with E-state index in [4.69, 9.17) is 9.47 Å². The summed E-state index contributed by atoms with van der Waals surface area (Å²) in [6.07, 6.45) is 0. The summed E-state index contributed by atoms with van der Waals surface area (Å²) in [7, 11) is 3.39. The van der Waals surface area contributed by atoms with E-state index in [2.05, 4.69) is 10.3 Å². The normalized spacial score (nSPS) is 10.7. The fraction of sp³-hybridized carbons (Fsp3) is 0.263. The smallest absolute Gasteiger partial charge is 0.321 e. The summed E-state index contributed by atoms with van der Waals surface area (Å²) in [6.45, 7) is 1.49. The number of carbonyl (C=O) groups is 1. The average Bonchev–Trinajstić information content (AvgIpc) is 3.05. The molecule has 0 bridgehead atoms. The summed E-state index contributed by atoms with van der Waals surface area (Å²) in [5, 5.41) is 3.78. The second kappa shape index (κ2) is 8.64. The van der Waals surface area contributed by atoms with Crippen LogP contribution in [0.2, 0.25) is 0 Å². The molecule has 1 N–H and O–H groups in total. The molecule has 3 rings (SSSR count). The Hall–Kier alpha value is -2.64. The minimum Gasteiger partial charge on any atom is -0.491 e. The number of nitrogens with one attached hydrogen (secondary N) is 1. The molecule has 26 heavy (non-hydrogen) atoms. The number of fused-ring (bicyclic) bond motifs is 1. The Morgan fingerprint density at radius 3 is 2.65 bits per heavy atom. The highest BCUT2D eigenvalue weighted by molar-refractivity contribution is 7.18. The van der Waals surface area contributed by atoms with Crippen LogP contribution in [0.5, 0.6) is 5.75 Å². The molecule has 0 saturated carbocycles. The van der Waals surface area contributed by atoms with E-state index >= 15 is 0 Å². The van der Waals surface area contributed by atoms with E-state index in [0.717, 1.165) is 21.0 Å². The van der Waals surface area contributed by atoms with Crippen molar-refractivity contribution in [2.45, 2.75) is 6.54 Å². The van der Waals surface area contributed by atoms with E-state index in [0.29, 0.717) is 25.4 Å². The van der Waals surface area contributed by atoms with E-state index in [1.54, 1.807) is 30.4 Å². The van der Waals surface area contributed by atoms with Crippen molar-refractivity contribution in [1.29, 1.82) is 0 Å². The molecule has 0 spiro atoms. The highest BCUT2D eigenvalue weighted by Gasteiger charge is 2.12. The molecule has 2 amide bonds. The highest BCUT2D eigenvalue weighted by atomic mass is 32.1. The van der Waals surface area contributed by atoms with Gasteiger partial charge in [-0.25, -0.2) is 9.78 Å². The Morgan fingerprint density at radius 1 is 1.15 bits per heavy atom. The molecule has 2 aromatic carbocycles. The number of aromatic nitrogens is 1. The van der Waals surface area contributed by atoms with Gasteiger partial charge < -0.3 is 19.7 Å². The van der Waals surface area contributed by atoms with Crippen LogP contribution in [0.15, 0.2) is 48.5 Å². The number of anilines is 1. The standard InChI is InChI=1S/C19H21N3O3S/c1-22(13-18-21-16-5-3-4-6-17(16)26-18)19(23)20-14-7-9-15(10-8-14)25-12-11-24-2/h3-10H,11-13H2,1-2H3,(H,20,23). The lowest BCUT2D eigenvalue weighted by atomic mass is 10.3. The lowest BCUT2D eigenvalue weighted by molar-refractivity contribution is 0.146. The number of hydrogen-bond donors (Lipinski definition) is 1. The lowest BCUT2D eigenvalue weighted by Gasteiger charge is -2.16. The largest absolute Gasteiger partial charge is 0.491 e. The zero-order chi connectivity index (χ0) is 18.4. The second-order valence-corrected chi connectivity index (χ2v) is 6.84. The van der Waals surface area contributed by atoms with Gasteiger partial charge in [0.1, 0.15) is 17.4 Å². The van der Waals surface area contributed by atoms with Crippen molar-refractivity contribution in [2.24, 2.45) is 0 Å². The number of nitrogens with zero attached hydrogens (tertiary/aromatic N) is 2. The first-order valence-corrected chi connectivity index (χ1v) is 9.06. The third kappa shape index (κ3) is 4.71. The SMILES string of the molecule is COCCOc1ccc(NC(=O)N(C)Cc2nc3ccccc3s2)cc1. The number of carbonyl (C=O) groups excluding carboxylic acids is 1. The van der Waals surface area contributed by atoms with Gasteiger partial charge in [-0.2, -0.15) is 0 Å². The maximum Gasteiger partial charge on any atom is 0.321 e. The molecule has 6 nitrogen and oxygen atoms in total. The number of para-hydroxylation sites is 1. The van der Waals surface area contributed by atoms with Gasteiger partial charge in [0.15, 0.2) is 0 Å². The van der Waals surface area contributed by atoms with Gasteiger partial charge in [0, 0.05) is 19.8 Å². The summed E-state index contributed by atoms with van der Waals surface area (Å²) in [4.78, 5) is 18.5. The summed E-state index contributed by atoms with van der Waals surface area (Å²) in [5.41, 5.74) is 1.68. The minimum absolute atomic E-state index is 0.183. The number of benzene rings is 2. The van der Waals surface area contributed by atoms with E-state index in [-0.39, 0.29) is 6.03 Å². The first kappa shape index (κ1) is 18.2. The van der Waals surface area contributed by atoms with Crippen LogP contribution < -0.4 is 10.1 Å². The maximum atomic E-state index is 12.4. The summed E-state index contributed by atoms with van der Waals surface area (Å²) >= 11 is 1.60. The molecule has 0 unspecified atom stereocenters. The van der Waals surface area contributed by atoms with Gasteiger partial charge in [0.2, 0.25) is 0 Å². The third-order valence-corrected chi connectivity index (χ3v) is 4.74. The fourth-order valence-electron chi connectivity index (χ4n) is 2.36. The Labute approximate surface area is 156 Å². The molecular formula is C19H21N3O3S. The molecule has 0 saturated heterocycles. The van der Waals surface area contributed by atoms with Crippen LogP contribution in [0, 0.1) is 0 Å². The van der Waals surface area contributed by atoms with Gasteiger partial charge in [0.05, 0.1) is 23.4 Å². The zero-order valence-corrected chi connectivity index (χ0v) is 15.6. The molecule has 0 atom stereocenters. The van der Waals surface area contributed by atoms with Crippen LogP contribution in [0.3, 0.4) is 0 Å². The lowest BCUT2D eigenvalue weighted by Crippen LogP contribution is -2.30. The predicted octanol–water partition coefficient (Wildman–Crippen LogP) is 3.99. The molecule has 7 heteroatoms. The molecule has 0 aliphatic carbocycles. The predicted molar refractivity (Wildman–Crippen MR) is 104 cm³/mol. The Bertz CT molecular complexity index is 831. The molecule has 0 fully saturated rings. The molecule has 1 aromatic heterocycles. The van der Waals surface area contributed by atoms with Gasteiger partial charge >= 0.3 is 6.03 Å². The van der Waals surface area contributed by atoms with Crippen LogP contribution in [0.1, 0.15) is 5.01 Å². The van der Waals surface area contributed by atoms with E-state index in [1.165, 1.54) is 0 Å². The van der Waals surface area contributed by atoms with Gasteiger partial charge in [-0.15, -0.1) is 11.3 Å². The van der Waals surface area contributed by atoms with Crippen molar-refractivity contribution < 1.29 is 14.3 Å². The molecule has 136 valence electrons. The number of thiazole rings is 1. The Morgan fingerprint density at radius 2 is 1.92 bits per heavy atom. The Balaban J connectivity index is 1.55. The first-order chi connectivity index (χ1) is 12.7. The maximum absolute atomic E-state index is 12.4. The van der Waals surface area contributed by atoms with Crippen LogP contribution in [0.4, 0.5) is 10.5 Å². The molecule has 0 aliphatic rings. The summed E-state index contributed by atoms with van der Waals surface area (Å²) < 4.78 is 11.6. The van der Waals surface area contributed by atoms with Gasteiger partial charge in [0.25, 0.3) is 0 Å². The number of urea groups is 1. The first-order valence-electron chi connectivity index (χ1n) is 8.24. The third-order valence-electron chi connectivity index (χ3n) is 3.72. The quantitative estimate of drug-likeness (QED) is 0.638. The topological polar surface area (TPSA) is 63.7 Å². The van der Waals surface area contributed by atoms with Crippen molar-refractivity contribution in [3.63, 3.8) is 0 Å². The summed E-state index contributed by atoms with van der Waals surface area (Å²) in [5.74, 6) is 0.739. The minimum atomic E-state index is -0.183. The van der Waals surface area contributed by atoms with Gasteiger partial charge in [-0.3, -0.25) is 0 Å². The molecular weight excluding hydrogens is 350 g/mol. The second-order valence-electron chi connectivity index (χ2n) is 5.73. The van der Waals surface area contributed by atoms with Crippen molar-refractivity contribution in [3.8, 4) is 5.75 Å². The molecule has 0 radical (unpaired) electrons. The molecule has 0 aliphatic heterocycles. The van der Waals surface area contributed by atoms with Crippen LogP contribution in [-0.4, -0.2) is 43.3 Å². The van der Waals surface area contributed by atoms with Crippen molar-refractivity contribution in [2.75, 3.05) is 32.7 Å². The number of amides is 2. The van der Waals surface area contributed by atoms with Crippen LogP contribution >= 0.6 is 11.3 Å². The Kier molecular flexibility index (Phi) is 6.04. The van der Waals surface area contributed by atoms with Crippen molar-refractivity contribution in [3.05, 3.63) is 53.5 Å². The monoisotopic (exact) mass is 371 g/mol. The van der Waals surface area contributed by atoms with Crippen molar-refractivity contribution in [1.82, 2.24) is 9.88 Å². The van der Waals surface area contributed by atoms with Gasteiger partial charge in [-0.05, 0) is 36.4 Å². The summed E-state index contributed by atoms with van der Waals surface area (Å²) in [6, 6.07) is 15.0. The van der Waals surface area contributed by atoms with Gasteiger partial charge in [-0.1, -0.05) is 12.1 Å². The number of hydrogen-bond acceptors (Lipinski definition) is 5. The number of methoxy groups -OCH3 is 1. The molecule has 1 heterocycles. The number of ether oxygens (including phenoxy) is 2. The fourth-order valence-corrected chi connectivity index (χ4v) is 3.38. The zero-order valence-electron chi connectivity index (χ0n) is 14.8. The van der Waals surface area contributed by atoms with E-state index < -0.39 is 0 Å². The van der Waals surface area contributed by atoms with E-state index in [9.17, 15) is 4.79 Å². The van der Waals surface area contributed by atoms with E-state index in [1.807, 2.05) is 48.5 Å². The van der Waals surface area contributed by atoms with Crippen LogP contribution in [0.25, 0.3) is 10.2 Å². The van der Waals surface area contributed by atoms with Crippen molar-refractivity contribution >= 4 is 33.3 Å². The average molecular weight is 371 g/mol. The van der Waals surface area contributed by atoms with Crippen LogP contribution in [-0.2, 0) is 11.3 Å². The highest BCUT2D eigenvalue weighted by Crippen LogP contribution is 2.22. The molecule has 3 aromatic rings. The number of rotatable bonds is 7.